The van der Waals surface area contributed by atoms with Crippen LogP contribution in [0.25, 0.3) is 0 Å². The van der Waals surface area contributed by atoms with Crippen molar-refractivity contribution in [3.8, 4) is 0 Å². The predicted octanol–water partition coefficient (Wildman–Crippen LogP) is 4.08. The number of nitrogens with one attached hydrogen (secondary N) is 2. The number of sulfonamides is 1. The van der Waals surface area contributed by atoms with Gasteiger partial charge in [-0.05, 0) is 45.2 Å². The molecule has 1 saturated heterocycles. The molecule has 0 atom stereocenters. The quantitative estimate of drug-likeness (QED) is 0.769. The fourth-order valence-electron chi connectivity index (χ4n) is 3.62. The van der Waals surface area contributed by atoms with E-state index >= 15 is 0 Å². The van der Waals surface area contributed by atoms with Crippen molar-refractivity contribution in [3.63, 3.8) is 0 Å². The molecule has 2 heterocycles. The summed E-state index contributed by atoms with van der Waals surface area (Å²) in [6.45, 7) is 4.09. The molecule has 1 aromatic carbocycles. The summed E-state index contributed by atoms with van der Waals surface area (Å²) in [4.78, 5) is 17.1. The van der Waals surface area contributed by atoms with Gasteiger partial charge in [-0.15, -0.1) is 0 Å². The molecule has 2 N–H and O–H groups in total. The molecule has 3 rings (SSSR count). The van der Waals surface area contributed by atoms with Gasteiger partial charge in [0, 0.05) is 24.5 Å². The zero-order chi connectivity index (χ0) is 21.4. The van der Waals surface area contributed by atoms with Gasteiger partial charge in [-0.1, -0.05) is 12.1 Å². The van der Waals surface area contributed by atoms with Crippen LogP contribution < -0.4 is 4.72 Å². The Hall–Kier alpha value is -2.49. The maximum atomic E-state index is 13.3. The van der Waals surface area contributed by atoms with Gasteiger partial charge in [0.1, 0.15) is 4.90 Å². The minimum absolute atomic E-state index is 0.0265. The van der Waals surface area contributed by atoms with Crippen LogP contribution in [0, 0.1) is 13.8 Å². The summed E-state index contributed by atoms with van der Waals surface area (Å²) >= 11 is 0. The molecule has 0 aliphatic carbocycles. The molecule has 6 nitrogen and oxygen atoms in total. The van der Waals surface area contributed by atoms with E-state index < -0.39 is 33.4 Å². The van der Waals surface area contributed by atoms with Crippen LogP contribution in [0.2, 0.25) is 0 Å². The van der Waals surface area contributed by atoms with Crippen molar-refractivity contribution in [2.24, 2.45) is 0 Å². The van der Waals surface area contributed by atoms with Crippen LogP contribution in [-0.2, 0) is 16.2 Å². The van der Waals surface area contributed by atoms with E-state index in [0.717, 1.165) is 31.4 Å². The molecule has 0 radical (unpaired) electrons. The molecule has 0 saturated carbocycles. The maximum absolute atomic E-state index is 13.3. The molecule has 1 fully saturated rings. The maximum Gasteiger partial charge on any atom is 0.418 e. The van der Waals surface area contributed by atoms with E-state index in [-0.39, 0.29) is 16.2 Å². The van der Waals surface area contributed by atoms with E-state index in [2.05, 4.69) is 4.98 Å². The number of carbonyl (C=O) groups is 1. The number of aromatic amines is 1. The SMILES string of the molecule is Cc1[nH]c(C)c(S(=O)(=O)Nc2ccccc2C(F)(F)F)c1C(=O)N1CCCCC1. The standard InChI is InChI=1S/C19H22F3N3O3S/c1-12-16(18(26)25-10-6-3-7-11-25)17(13(2)23-12)29(27,28)24-15-9-5-4-8-14(15)19(20,21)22/h4-5,8-9,23-24H,3,6-7,10-11H2,1-2H3. The van der Waals surface area contributed by atoms with Gasteiger partial charge in [-0.3, -0.25) is 9.52 Å². The van der Waals surface area contributed by atoms with Gasteiger partial charge in [-0.2, -0.15) is 13.2 Å². The lowest BCUT2D eigenvalue weighted by Crippen LogP contribution is -2.36. The van der Waals surface area contributed by atoms with Gasteiger partial charge in [0.25, 0.3) is 15.9 Å². The van der Waals surface area contributed by atoms with Gasteiger partial charge in [0.2, 0.25) is 0 Å². The lowest BCUT2D eigenvalue weighted by Gasteiger charge is -2.27. The molecular formula is C19H22F3N3O3S. The first-order chi connectivity index (χ1) is 13.5. The fourth-order valence-corrected chi connectivity index (χ4v) is 5.15. The number of piperidine rings is 1. The molecule has 29 heavy (non-hydrogen) atoms. The molecule has 1 aliphatic rings. The number of hydrogen-bond acceptors (Lipinski definition) is 3. The van der Waals surface area contributed by atoms with Crippen molar-refractivity contribution < 1.29 is 26.4 Å². The van der Waals surface area contributed by atoms with E-state index in [0.29, 0.717) is 18.8 Å². The van der Waals surface area contributed by atoms with Crippen molar-refractivity contribution in [1.29, 1.82) is 0 Å². The Kier molecular flexibility index (Phi) is 5.66. The summed E-state index contributed by atoms with van der Waals surface area (Å²) < 4.78 is 67.9. The van der Waals surface area contributed by atoms with Gasteiger partial charge < -0.3 is 9.88 Å². The monoisotopic (exact) mass is 429 g/mol. The van der Waals surface area contributed by atoms with Crippen LogP contribution in [0.4, 0.5) is 18.9 Å². The largest absolute Gasteiger partial charge is 0.418 e. The highest BCUT2D eigenvalue weighted by Crippen LogP contribution is 2.36. The smallest absolute Gasteiger partial charge is 0.361 e. The number of hydrogen-bond donors (Lipinski definition) is 2. The molecule has 1 aliphatic heterocycles. The first kappa shape index (κ1) is 21.2. The summed E-state index contributed by atoms with van der Waals surface area (Å²) in [5.41, 5.74) is -1.16. The third-order valence-corrected chi connectivity index (χ3v) is 6.46. The Bertz CT molecular complexity index is 1020. The highest BCUT2D eigenvalue weighted by molar-refractivity contribution is 7.92. The number of para-hydroxylation sites is 1. The second-order valence-corrected chi connectivity index (χ2v) is 8.70. The minimum atomic E-state index is -4.73. The van der Waals surface area contributed by atoms with Crippen molar-refractivity contribution in [3.05, 3.63) is 46.8 Å². The average molecular weight is 429 g/mol. The van der Waals surface area contributed by atoms with Crippen LogP contribution in [-0.4, -0.2) is 37.3 Å². The number of alkyl halides is 3. The van der Waals surface area contributed by atoms with Crippen LogP contribution in [0.15, 0.2) is 29.2 Å². The van der Waals surface area contributed by atoms with Crippen molar-refractivity contribution in [1.82, 2.24) is 9.88 Å². The number of rotatable bonds is 4. The van der Waals surface area contributed by atoms with E-state index in [9.17, 15) is 26.4 Å². The Morgan fingerprint density at radius 1 is 1.07 bits per heavy atom. The molecular weight excluding hydrogens is 407 g/mol. The van der Waals surface area contributed by atoms with Gasteiger partial charge >= 0.3 is 6.18 Å². The van der Waals surface area contributed by atoms with Gasteiger partial charge in [-0.25, -0.2) is 8.42 Å². The summed E-state index contributed by atoms with van der Waals surface area (Å²) in [5.74, 6) is -0.434. The molecule has 1 aromatic heterocycles. The van der Waals surface area contributed by atoms with Gasteiger partial charge in [0.15, 0.2) is 0 Å². The fraction of sp³-hybridized carbons (Fsp3) is 0.421. The van der Waals surface area contributed by atoms with Crippen molar-refractivity contribution in [2.75, 3.05) is 17.8 Å². The molecule has 2 aromatic rings. The number of nitrogens with zero attached hydrogens (tertiary/aromatic N) is 1. The van der Waals surface area contributed by atoms with E-state index in [1.54, 1.807) is 11.8 Å². The number of carbonyl (C=O) groups excluding carboxylic acids is 1. The van der Waals surface area contributed by atoms with Crippen molar-refractivity contribution >= 4 is 21.6 Å². The third-order valence-electron chi connectivity index (χ3n) is 4.92. The Morgan fingerprint density at radius 3 is 2.31 bits per heavy atom. The summed E-state index contributed by atoms with van der Waals surface area (Å²) in [5, 5.41) is 0. The van der Waals surface area contributed by atoms with Crippen LogP contribution in [0.5, 0.6) is 0 Å². The number of amides is 1. The number of benzene rings is 1. The topological polar surface area (TPSA) is 82.3 Å². The molecule has 0 bridgehead atoms. The minimum Gasteiger partial charge on any atom is -0.361 e. The first-order valence-electron chi connectivity index (χ1n) is 9.20. The van der Waals surface area contributed by atoms with E-state index in [4.69, 9.17) is 0 Å². The zero-order valence-electron chi connectivity index (χ0n) is 16.1. The zero-order valence-corrected chi connectivity index (χ0v) is 16.9. The highest BCUT2D eigenvalue weighted by atomic mass is 32.2. The lowest BCUT2D eigenvalue weighted by atomic mass is 10.1. The number of anilines is 1. The van der Waals surface area contributed by atoms with Crippen LogP contribution in [0.1, 0.15) is 46.6 Å². The van der Waals surface area contributed by atoms with Crippen LogP contribution in [0.3, 0.4) is 0 Å². The molecule has 158 valence electrons. The third kappa shape index (κ3) is 4.26. The average Bonchev–Trinajstić information content (AvgIpc) is 2.96. The van der Waals surface area contributed by atoms with Crippen molar-refractivity contribution in [2.45, 2.75) is 44.2 Å². The number of H-pyrrole nitrogens is 1. The number of aryl methyl sites for hydroxylation is 2. The Labute approximate surface area is 167 Å². The predicted molar refractivity (Wildman–Crippen MR) is 102 cm³/mol. The second-order valence-electron chi connectivity index (χ2n) is 7.08. The van der Waals surface area contributed by atoms with Gasteiger partial charge in [0.05, 0.1) is 16.8 Å². The Balaban J connectivity index is 2.04. The first-order valence-corrected chi connectivity index (χ1v) is 10.7. The number of aromatic nitrogens is 1. The van der Waals surface area contributed by atoms with Crippen LogP contribution >= 0.6 is 0 Å². The van der Waals surface area contributed by atoms with E-state index in [1.165, 1.54) is 19.1 Å². The summed E-state index contributed by atoms with van der Waals surface area (Å²) in [6.07, 6.45) is -2.08. The molecule has 0 unspecified atom stereocenters. The lowest BCUT2D eigenvalue weighted by molar-refractivity contribution is -0.136. The second kappa shape index (κ2) is 7.74. The highest BCUT2D eigenvalue weighted by Gasteiger charge is 2.36. The van der Waals surface area contributed by atoms with E-state index in [1.807, 2.05) is 4.72 Å². The number of halogens is 3. The summed E-state index contributed by atoms with van der Waals surface area (Å²) in [6, 6.07) is 4.33. The molecule has 1 amide bonds. The summed E-state index contributed by atoms with van der Waals surface area (Å²) in [7, 11) is -4.45. The Morgan fingerprint density at radius 2 is 1.69 bits per heavy atom. The normalized spacial score (nSPS) is 15.4. The molecule has 10 heteroatoms. The number of likely N-dealkylation sites (tertiary alicyclic amines) is 1. The molecule has 0 spiro atoms.